The minimum absolute atomic E-state index is 0.118. The number of benzene rings is 1. The molecule has 0 spiro atoms. The lowest BCUT2D eigenvalue weighted by molar-refractivity contribution is 0.275. The Labute approximate surface area is 111 Å². The number of halogens is 1. The van der Waals surface area contributed by atoms with Gasteiger partial charge in [-0.2, -0.15) is 5.10 Å². The molecule has 1 aromatic carbocycles. The molecule has 1 atom stereocenters. The van der Waals surface area contributed by atoms with Gasteiger partial charge in [-0.25, -0.2) is 4.39 Å². The fourth-order valence-electron chi connectivity index (χ4n) is 2.11. The molecular formula is C14H18FN3O. The number of hydrogen-bond donors (Lipinski definition) is 2. The van der Waals surface area contributed by atoms with E-state index >= 15 is 0 Å². The summed E-state index contributed by atoms with van der Waals surface area (Å²) in [6, 6.07) is 6.07. The van der Waals surface area contributed by atoms with Gasteiger partial charge in [0.05, 0.1) is 24.0 Å². The van der Waals surface area contributed by atoms with Gasteiger partial charge in [0.15, 0.2) is 0 Å². The topological polar surface area (TPSA) is 50.1 Å². The molecule has 2 rings (SSSR count). The summed E-state index contributed by atoms with van der Waals surface area (Å²) < 4.78 is 15.3. The van der Waals surface area contributed by atoms with Crippen molar-refractivity contribution in [2.24, 2.45) is 7.05 Å². The first kappa shape index (κ1) is 13.5. The van der Waals surface area contributed by atoms with E-state index in [4.69, 9.17) is 0 Å². The zero-order valence-electron chi connectivity index (χ0n) is 11.1. The van der Waals surface area contributed by atoms with Crippen molar-refractivity contribution < 1.29 is 9.50 Å². The summed E-state index contributed by atoms with van der Waals surface area (Å²) in [4.78, 5) is 0. The van der Waals surface area contributed by atoms with Crippen LogP contribution in [0.1, 0.15) is 24.2 Å². The molecule has 0 aliphatic carbocycles. The third-order valence-electron chi connectivity index (χ3n) is 3.03. The molecule has 0 amide bonds. The largest absolute Gasteiger partial charge is 0.394 e. The van der Waals surface area contributed by atoms with E-state index in [2.05, 4.69) is 10.4 Å². The number of rotatable bonds is 5. The lowest BCUT2D eigenvalue weighted by Gasteiger charge is -2.18. The van der Waals surface area contributed by atoms with E-state index in [0.717, 1.165) is 17.7 Å². The van der Waals surface area contributed by atoms with E-state index in [1.54, 1.807) is 22.9 Å². The molecule has 0 bridgehead atoms. The third kappa shape index (κ3) is 2.93. The summed E-state index contributed by atoms with van der Waals surface area (Å²) in [6.07, 6.45) is 2.62. The number of anilines is 1. The molecule has 1 heterocycles. The highest BCUT2D eigenvalue weighted by Gasteiger charge is 2.18. The summed E-state index contributed by atoms with van der Waals surface area (Å²) in [6.45, 7) is 1.89. The zero-order chi connectivity index (χ0) is 13.8. The monoisotopic (exact) mass is 263 g/mol. The molecule has 0 fully saturated rings. The molecule has 0 saturated heterocycles. The van der Waals surface area contributed by atoms with Crippen LogP contribution in [0.2, 0.25) is 0 Å². The minimum atomic E-state index is -0.361. The van der Waals surface area contributed by atoms with E-state index in [9.17, 15) is 9.50 Å². The van der Waals surface area contributed by atoms with Crippen molar-refractivity contribution in [2.75, 3.05) is 11.9 Å². The average Bonchev–Trinajstić information content (AvgIpc) is 2.79. The fourth-order valence-corrected chi connectivity index (χ4v) is 2.11. The minimum Gasteiger partial charge on any atom is -0.394 e. The number of nitrogens with zero attached hydrogens (tertiary/aromatic N) is 2. The number of aliphatic hydroxyl groups excluding tert-OH is 1. The third-order valence-corrected chi connectivity index (χ3v) is 3.03. The van der Waals surface area contributed by atoms with E-state index < -0.39 is 0 Å². The van der Waals surface area contributed by atoms with E-state index in [-0.39, 0.29) is 18.5 Å². The van der Waals surface area contributed by atoms with Crippen molar-refractivity contribution in [1.82, 2.24) is 9.78 Å². The number of aliphatic hydroxyl groups is 1. The Morgan fingerprint density at radius 3 is 2.79 bits per heavy atom. The number of aromatic nitrogens is 2. The van der Waals surface area contributed by atoms with Crippen LogP contribution in [-0.2, 0) is 13.5 Å². The molecule has 0 aliphatic heterocycles. The quantitative estimate of drug-likeness (QED) is 0.870. The van der Waals surface area contributed by atoms with Crippen LogP contribution in [0.25, 0.3) is 0 Å². The molecule has 0 radical (unpaired) electrons. The number of aryl methyl sites for hydroxylation is 2. The van der Waals surface area contributed by atoms with Gasteiger partial charge < -0.3 is 10.4 Å². The molecule has 1 unspecified atom stereocenters. The number of hydrogen-bond acceptors (Lipinski definition) is 3. The molecule has 0 aliphatic rings. The molecule has 5 heteroatoms. The highest BCUT2D eigenvalue weighted by molar-refractivity contribution is 5.47. The van der Waals surface area contributed by atoms with Crippen LogP contribution in [0.15, 0.2) is 30.5 Å². The van der Waals surface area contributed by atoms with Gasteiger partial charge >= 0.3 is 0 Å². The lowest BCUT2D eigenvalue weighted by Crippen LogP contribution is -2.16. The van der Waals surface area contributed by atoms with Gasteiger partial charge in [-0.3, -0.25) is 4.68 Å². The molecule has 2 aromatic rings. The lowest BCUT2D eigenvalue weighted by atomic mass is 10.1. The second kappa shape index (κ2) is 5.84. The highest BCUT2D eigenvalue weighted by atomic mass is 19.1. The van der Waals surface area contributed by atoms with Gasteiger partial charge in [-0.05, 0) is 18.6 Å². The second-order valence-corrected chi connectivity index (χ2v) is 4.42. The number of para-hydroxylation sites is 1. The number of nitrogens with one attached hydrogen (secondary N) is 1. The maximum absolute atomic E-state index is 13.6. The Balaban J connectivity index is 2.27. The van der Waals surface area contributed by atoms with Crippen LogP contribution in [0.3, 0.4) is 0 Å². The Morgan fingerprint density at radius 2 is 2.16 bits per heavy atom. The van der Waals surface area contributed by atoms with E-state index in [1.165, 1.54) is 6.07 Å². The van der Waals surface area contributed by atoms with Gasteiger partial charge in [-0.15, -0.1) is 0 Å². The first-order chi connectivity index (χ1) is 9.15. The van der Waals surface area contributed by atoms with Crippen LogP contribution in [-0.4, -0.2) is 21.5 Å². The van der Waals surface area contributed by atoms with Gasteiger partial charge in [0.1, 0.15) is 5.82 Å². The van der Waals surface area contributed by atoms with Gasteiger partial charge in [-0.1, -0.05) is 19.1 Å². The van der Waals surface area contributed by atoms with E-state index in [0.29, 0.717) is 5.69 Å². The van der Waals surface area contributed by atoms with Crippen molar-refractivity contribution >= 4 is 5.69 Å². The van der Waals surface area contributed by atoms with Crippen molar-refractivity contribution in [1.29, 1.82) is 0 Å². The Kier molecular flexibility index (Phi) is 4.16. The van der Waals surface area contributed by atoms with Gasteiger partial charge in [0.2, 0.25) is 0 Å². The van der Waals surface area contributed by atoms with Crippen LogP contribution in [0.5, 0.6) is 0 Å². The zero-order valence-corrected chi connectivity index (χ0v) is 11.1. The first-order valence-electron chi connectivity index (χ1n) is 6.30. The molecule has 19 heavy (non-hydrogen) atoms. The van der Waals surface area contributed by atoms with Crippen molar-refractivity contribution in [3.05, 3.63) is 47.5 Å². The first-order valence-corrected chi connectivity index (χ1v) is 6.30. The van der Waals surface area contributed by atoms with Gasteiger partial charge in [0, 0.05) is 18.8 Å². The van der Waals surface area contributed by atoms with Gasteiger partial charge in [0.25, 0.3) is 0 Å². The average molecular weight is 263 g/mol. The highest BCUT2D eigenvalue weighted by Crippen LogP contribution is 2.23. The summed E-state index contributed by atoms with van der Waals surface area (Å²) in [5.41, 5.74) is 2.19. The molecule has 0 saturated carbocycles. The Bertz CT molecular complexity index is 553. The maximum Gasteiger partial charge on any atom is 0.146 e. The fraction of sp³-hybridized carbons (Fsp3) is 0.357. The Morgan fingerprint density at radius 1 is 1.42 bits per heavy atom. The second-order valence-electron chi connectivity index (χ2n) is 4.42. The molecule has 2 N–H and O–H groups in total. The normalized spacial score (nSPS) is 12.4. The summed E-state index contributed by atoms with van der Waals surface area (Å²) in [5, 5.41) is 16.9. The Hall–Kier alpha value is -1.88. The van der Waals surface area contributed by atoms with Crippen molar-refractivity contribution in [2.45, 2.75) is 19.4 Å². The summed E-state index contributed by atoms with van der Waals surface area (Å²) in [7, 11) is 1.83. The smallest absolute Gasteiger partial charge is 0.146 e. The predicted octanol–water partition coefficient (Wildman–Crippen LogP) is 2.27. The maximum atomic E-state index is 13.6. The summed E-state index contributed by atoms with van der Waals surface area (Å²) in [5.74, 6) is -0.331. The molecule has 102 valence electrons. The van der Waals surface area contributed by atoms with Crippen molar-refractivity contribution in [3.8, 4) is 0 Å². The molecular weight excluding hydrogens is 245 g/mol. The van der Waals surface area contributed by atoms with Crippen molar-refractivity contribution in [3.63, 3.8) is 0 Å². The van der Waals surface area contributed by atoms with Crippen LogP contribution in [0.4, 0.5) is 10.1 Å². The predicted molar refractivity (Wildman–Crippen MR) is 72.4 cm³/mol. The summed E-state index contributed by atoms with van der Waals surface area (Å²) >= 11 is 0. The van der Waals surface area contributed by atoms with Crippen LogP contribution in [0, 0.1) is 5.82 Å². The SMILES string of the molecule is CCc1nn(C)cc1C(CO)Nc1ccccc1F. The standard InChI is InChI=1S/C14H18FN3O/c1-3-12-10(8-18(2)17-12)14(9-19)16-13-7-5-4-6-11(13)15/h4-8,14,16,19H,3,9H2,1-2H3. The van der Waals surface area contributed by atoms with E-state index in [1.807, 2.05) is 20.2 Å². The molecule has 1 aromatic heterocycles. The van der Waals surface area contributed by atoms with Crippen LogP contribution >= 0.6 is 0 Å². The molecule has 4 nitrogen and oxygen atoms in total. The van der Waals surface area contributed by atoms with Crippen LogP contribution < -0.4 is 5.32 Å².